The number of benzene rings is 2. The van der Waals surface area contributed by atoms with Crippen LogP contribution in [0.1, 0.15) is 0 Å². The van der Waals surface area contributed by atoms with Crippen molar-refractivity contribution in [2.24, 2.45) is 0 Å². The molecule has 0 unspecified atom stereocenters. The highest BCUT2D eigenvalue weighted by Crippen LogP contribution is 2.33. The number of ether oxygens (including phenoxy) is 3. The van der Waals surface area contributed by atoms with E-state index in [1.54, 1.807) is 23.1 Å². The fourth-order valence-corrected chi connectivity index (χ4v) is 5.10. The molecular formula is C20H20Cl2N2O6S. The molecule has 2 aromatic rings. The SMILES string of the molecule is O=C(COc1cc(Cl)ccc1Cl)N1CCN(S(=O)(=O)c2ccc3c(c2)OCCO3)CC1. The molecule has 0 aromatic heterocycles. The van der Waals surface area contributed by atoms with Crippen LogP contribution in [0.5, 0.6) is 17.2 Å². The molecule has 31 heavy (non-hydrogen) atoms. The average molecular weight is 487 g/mol. The zero-order valence-electron chi connectivity index (χ0n) is 16.4. The van der Waals surface area contributed by atoms with Crippen molar-refractivity contribution in [2.45, 2.75) is 4.90 Å². The molecule has 0 N–H and O–H groups in total. The summed E-state index contributed by atoms with van der Waals surface area (Å²) in [6, 6.07) is 9.33. The second kappa shape index (κ2) is 9.12. The number of fused-ring (bicyclic) bond motifs is 1. The molecular weight excluding hydrogens is 467 g/mol. The number of piperazine rings is 1. The van der Waals surface area contributed by atoms with Crippen molar-refractivity contribution in [3.05, 3.63) is 46.4 Å². The highest BCUT2D eigenvalue weighted by molar-refractivity contribution is 7.89. The van der Waals surface area contributed by atoms with E-state index in [-0.39, 0.29) is 43.6 Å². The standard InChI is InChI=1S/C20H20Cl2N2O6S/c21-14-1-3-16(22)18(11-14)30-13-20(25)23-5-7-24(8-6-23)31(26,27)15-2-4-17-19(12-15)29-10-9-28-17/h1-4,11-12H,5-10,13H2. The van der Waals surface area contributed by atoms with Crippen molar-refractivity contribution in [1.82, 2.24) is 9.21 Å². The molecule has 2 aliphatic rings. The molecule has 0 bridgehead atoms. The number of halogens is 2. The summed E-state index contributed by atoms with van der Waals surface area (Å²) >= 11 is 12.0. The number of hydrogen-bond acceptors (Lipinski definition) is 6. The van der Waals surface area contributed by atoms with E-state index in [4.69, 9.17) is 37.4 Å². The van der Waals surface area contributed by atoms with Crippen LogP contribution >= 0.6 is 23.2 Å². The molecule has 1 amide bonds. The third-order valence-electron chi connectivity index (χ3n) is 4.99. The van der Waals surface area contributed by atoms with E-state index < -0.39 is 10.0 Å². The predicted molar refractivity (Wildman–Crippen MR) is 115 cm³/mol. The van der Waals surface area contributed by atoms with Gasteiger partial charge in [0.1, 0.15) is 19.0 Å². The Morgan fingerprint density at radius 2 is 1.68 bits per heavy atom. The van der Waals surface area contributed by atoms with E-state index in [0.29, 0.717) is 40.5 Å². The van der Waals surface area contributed by atoms with Crippen LogP contribution in [0, 0.1) is 0 Å². The summed E-state index contributed by atoms with van der Waals surface area (Å²) in [5.41, 5.74) is 0. The van der Waals surface area contributed by atoms with Gasteiger partial charge in [-0.3, -0.25) is 4.79 Å². The fraction of sp³-hybridized carbons (Fsp3) is 0.350. The van der Waals surface area contributed by atoms with E-state index >= 15 is 0 Å². The summed E-state index contributed by atoms with van der Waals surface area (Å²) in [4.78, 5) is 14.2. The molecule has 1 saturated heterocycles. The molecule has 11 heteroatoms. The number of rotatable bonds is 5. The van der Waals surface area contributed by atoms with Gasteiger partial charge in [0.2, 0.25) is 10.0 Å². The van der Waals surface area contributed by atoms with Crippen molar-refractivity contribution in [3.8, 4) is 17.2 Å². The lowest BCUT2D eigenvalue weighted by Gasteiger charge is -2.34. The van der Waals surface area contributed by atoms with E-state index in [9.17, 15) is 13.2 Å². The zero-order chi connectivity index (χ0) is 22.0. The van der Waals surface area contributed by atoms with Gasteiger partial charge in [0.15, 0.2) is 18.1 Å². The van der Waals surface area contributed by atoms with Crippen LogP contribution in [0.4, 0.5) is 0 Å². The first-order valence-electron chi connectivity index (χ1n) is 9.60. The second-order valence-electron chi connectivity index (χ2n) is 6.95. The molecule has 166 valence electrons. The minimum absolute atomic E-state index is 0.135. The Hall–Kier alpha value is -2.20. The van der Waals surface area contributed by atoms with Gasteiger partial charge in [0.25, 0.3) is 5.91 Å². The maximum Gasteiger partial charge on any atom is 0.260 e. The lowest BCUT2D eigenvalue weighted by molar-refractivity contribution is -0.134. The van der Waals surface area contributed by atoms with Gasteiger partial charge < -0.3 is 19.1 Å². The third kappa shape index (κ3) is 4.85. The third-order valence-corrected chi connectivity index (χ3v) is 7.43. The van der Waals surface area contributed by atoms with Gasteiger partial charge in [-0.25, -0.2) is 8.42 Å². The summed E-state index contributed by atoms with van der Waals surface area (Å²) < 4.78 is 43.8. The number of sulfonamides is 1. The summed E-state index contributed by atoms with van der Waals surface area (Å²) in [5, 5.41) is 0.803. The summed E-state index contributed by atoms with van der Waals surface area (Å²) in [5.74, 6) is 1.01. The van der Waals surface area contributed by atoms with Crippen LogP contribution in [0.25, 0.3) is 0 Å². The number of carbonyl (C=O) groups excluding carboxylic acids is 1. The molecule has 1 fully saturated rings. The lowest BCUT2D eigenvalue weighted by atomic mass is 10.3. The van der Waals surface area contributed by atoms with Gasteiger partial charge in [-0.05, 0) is 24.3 Å². The molecule has 2 heterocycles. The first kappa shape index (κ1) is 22.0. The number of carbonyl (C=O) groups is 1. The molecule has 4 rings (SSSR count). The molecule has 0 radical (unpaired) electrons. The highest BCUT2D eigenvalue weighted by atomic mass is 35.5. The van der Waals surface area contributed by atoms with Gasteiger partial charge >= 0.3 is 0 Å². The van der Waals surface area contributed by atoms with Gasteiger partial charge in [-0.2, -0.15) is 4.31 Å². The normalized spacial score (nSPS) is 16.8. The largest absolute Gasteiger partial charge is 0.486 e. The number of amides is 1. The first-order chi connectivity index (χ1) is 14.8. The second-order valence-corrected chi connectivity index (χ2v) is 9.74. The maximum atomic E-state index is 13.0. The van der Waals surface area contributed by atoms with E-state index in [1.165, 1.54) is 22.5 Å². The van der Waals surface area contributed by atoms with E-state index in [2.05, 4.69) is 0 Å². The minimum atomic E-state index is -3.71. The summed E-state index contributed by atoms with van der Waals surface area (Å²) in [6.07, 6.45) is 0. The van der Waals surface area contributed by atoms with Crippen molar-refractivity contribution in [2.75, 3.05) is 46.0 Å². The van der Waals surface area contributed by atoms with Crippen LogP contribution in [0.15, 0.2) is 41.3 Å². The Morgan fingerprint density at radius 1 is 0.968 bits per heavy atom. The Bertz CT molecular complexity index is 1090. The molecule has 8 nitrogen and oxygen atoms in total. The fourth-order valence-electron chi connectivity index (χ4n) is 3.33. The van der Waals surface area contributed by atoms with Crippen LogP contribution in [0.3, 0.4) is 0 Å². The highest BCUT2D eigenvalue weighted by Gasteiger charge is 2.31. The van der Waals surface area contributed by atoms with E-state index in [1.807, 2.05) is 0 Å². The Morgan fingerprint density at radius 3 is 2.42 bits per heavy atom. The molecule has 2 aliphatic heterocycles. The van der Waals surface area contributed by atoms with Crippen LogP contribution < -0.4 is 14.2 Å². The Balaban J connectivity index is 1.35. The van der Waals surface area contributed by atoms with Crippen molar-refractivity contribution in [1.29, 1.82) is 0 Å². The number of hydrogen-bond donors (Lipinski definition) is 0. The van der Waals surface area contributed by atoms with Crippen LogP contribution in [-0.4, -0.2) is 69.5 Å². The van der Waals surface area contributed by atoms with Crippen molar-refractivity contribution >= 4 is 39.1 Å². The smallest absolute Gasteiger partial charge is 0.260 e. The van der Waals surface area contributed by atoms with Crippen LogP contribution in [-0.2, 0) is 14.8 Å². The van der Waals surface area contributed by atoms with Gasteiger partial charge in [-0.1, -0.05) is 23.2 Å². The Kier molecular flexibility index (Phi) is 6.47. The molecule has 0 spiro atoms. The zero-order valence-corrected chi connectivity index (χ0v) is 18.8. The Labute approximate surface area is 190 Å². The van der Waals surface area contributed by atoms with E-state index in [0.717, 1.165) is 0 Å². The predicted octanol–water partition coefficient (Wildman–Crippen LogP) is 2.68. The first-order valence-corrected chi connectivity index (χ1v) is 11.8. The molecule has 2 aromatic carbocycles. The summed E-state index contributed by atoms with van der Waals surface area (Å²) in [7, 11) is -3.71. The number of nitrogens with zero attached hydrogens (tertiary/aromatic N) is 2. The summed E-state index contributed by atoms with van der Waals surface area (Å²) in [6.45, 7) is 1.47. The van der Waals surface area contributed by atoms with Gasteiger partial charge in [0.05, 0.1) is 9.92 Å². The van der Waals surface area contributed by atoms with Gasteiger partial charge in [-0.15, -0.1) is 0 Å². The van der Waals surface area contributed by atoms with Crippen molar-refractivity contribution < 1.29 is 27.4 Å². The molecule has 0 atom stereocenters. The quantitative estimate of drug-likeness (QED) is 0.645. The monoisotopic (exact) mass is 486 g/mol. The maximum absolute atomic E-state index is 13.0. The minimum Gasteiger partial charge on any atom is -0.486 e. The lowest BCUT2D eigenvalue weighted by Crippen LogP contribution is -2.51. The average Bonchev–Trinajstić information content (AvgIpc) is 2.79. The van der Waals surface area contributed by atoms with Gasteiger partial charge in [0, 0.05) is 43.3 Å². The molecule has 0 saturated carbocycles. The topological polar surface area (TPSA) is 85.4 Å². The van der Waals surface area contributed by atoms with Crippen LogP contribution in [0.2, 0.25) is 10.0 Å². The molecule has 0 aliphatic carbocycles. The van der Waals surface area contributed by atoms with Crippen molar-refractivity contribution in [3.63, 3.8) is 0 Å².